The van der Waals surface area contributed by atoms with Gasteiger partial charge in [0.15, 0.2) is 10.7 Å². The number of carbonyl (C=O) groups excluding carboxylic acids is 1. The van der Waals surface area contributed by atoms with Crippen LogP contribution in [-0.4, -0.2) is 22.1 Å². The Labute approximate surface area is 183 Å². The quantitative estimate of drug-likeness (QED) is 0.366. The number of aryl methyl sites for hydroxylation is 1. The number of nitrogens with zero attached hydrogens (tertiary/aromatic N) is 2. The Morgan fingerprint density at radius 2 is 2.06 bits per heavy atom. The van der Waals surface area contributed by atoms with Gasteiger partial charge in [0.2, 0.25) is 0 Å². The summed E-state index contributed by atoms with van der Waals surface area (Å²) in [6.45, 7) is 5.20. The smallest absolute Gasteiger partial charge is 0.274 e. The van der Waals surface area contributed by atoms with Gasteiger partial charge in [-0.2, -0.15) is 0 Å². The zero-order valence-electron chi connectivity index (χ0n) is 17.2. The zero-order chi connectivity index (χ0) is 21.4. The number of hydrogen-bond acceptors (Lipinski definition) is 5. The zero-order valence-corrected chi connectivity index (χ0v) is 18.0. The Balaban J connectivity index is 1.47. The summed E-state index contributed by atoms with van der Waals surface area (Å²) in [4.78, 5) is 17.7. The van der Waals surface area contributed by atoms with E-state index in [9.17, 15) is 4.79 Å². The fraction of sp³-hybridized carbons (Fsp3) is 0.167. The van der Waals surface area contributed by atoms with E-state index >= 15 is 0 Å². The third-order valence-electron chi connectivity index (χ3n) is 5.24. The highest BCUT2D eigenvalue weighted by Gasteiger charge is 2.19. The summed E-state index contributed by atoms with van der Waals surface area (Å²) in [6, 6.07) is 17.6. The monoisotopic (exact) mass is 431 g/mol. The molecule has 1 N–H and O–H groups in total. The Morgan fingerprint density at radius 3 is 2.90 bits per heavy atom. The molecular formula is C24H21N3O3S. The Bertz CT molecular complexity index is 1400. The van der Waals surface area contributed by atoms with Crippen LogP contribution in [-0.2, 0) is 6.54 Å². The predicted octanol–water partition coefficient (Wildman–Crippen LogP) is 5.85. The van der Waals surface area contributed by atoms with Crippen molar-refractivity contribution in [1.29, 1.82) is 0 Å². The van der Waals surface area contributed by atoms with Crippen LogP contribution in [0.25, 0.3) is 21.3 Å². The molecule has 3 heterocycles. The van der Waals surface area contributed by atoms with Crippen LogP contribution in [0.1, 0.15) is 28.5 Å². The maximum atomic E-state index is 13.2. The van der Waals surface area contributed by atoms with Crippen LogP contribution in [0.2, 0.25) is 0 Å². The van der Waals surface area contributed by atoms with Crippen LogP contribution < -0.4 is 10.1 Å². The van der Waals surface area contributed by atoms with Crippen molar-refractivity contribution >= 4 is 43.7 Å². The number of hydrogen-bond donors (Lipinski definition) is 1. The summed E-state index contributed by atoms with van der Waals surface area (Å²) in [5.41, 5.74) is 5.26. The second-order valence-electron chi connectivity index (χ2n) is 7.25. The van der Waals surface area contributed by atoms with Crippen LogP contribution >= 0.6 is 11.3 Å². The molecule has 7 heteroatoms. The Hall–Kier alpha value is -3.58. The first-order valence-corrected chi connectivity index (χ1v) is 10.9. The average molecular weight is 432 g/mol. The number of anilines is 1. The normalized spacial score (nSPS) is 11.3. The molecule has 3 aromatic heterocycles. The van der Waals surface area contributed by atoms with Gasteiger partial charge >= 0.3 is 0 Å². The van der Waals surface area contributed by atoms with E-state index in [-0.39, 0.29) is 5.91 Å². The lowest BCUT2D eigenvalue weighted by Crippen LogP contribution is -2.17. The highest BCUT2D eigenvalue weighted by Crippen LogP contribution is 2.30. The van der Waals surface area contributed by atoms with E-state index in [1.54, 1.807) is 12.3 Å². The van der Waals surface area contributed by atoms with Crippen molar-refractivity contribution in [2.45, 2.75) is 20.4 Å². The highest BCUT2D eigenvalue weighted by atomic mass is 32.1. The van der Waals surface area contributed by atoms with Gasteiger partial charge in [0.25, 0.3) is 5.91 Å². The van der Waals surface area contributed by atoms with E-state index in [4.69, 9.17) is 9.15 Å². The van der Waals surface area contributed by atoms with Gasteiger partial charge in [-0.25, -0.2) is 4.98 Å². The number of rotatable bonds is 6. The molecule has 0 saturated heterocycles. The minimum absolute atomic E-state index is 0.218. The van der Waals surface area contributed by atoms with Gasteiger partial charge in [0.05, 0.1) is 28.6 Å². The fourth-order valence-corrected chi connectivity index (χ4v) is 4.56. The van der Waals surface area contributed by atoms with Crippen molar-refractivity contribution in [3.05, 3.63) is 77.7 Å². The first-order chi connectivity index (χ1) is 15.1. The number of carbonyl (C=O) groups is 1. The van der Waals surface area contributed by atoms with Gasteiger partial charge < -0.3 is 13.7 Å². The number of amides is 1. The lowest BCUT2D eigenvalue weighted by molar-refractivity contribution is 0.101. The van der Waals surface area contributed by atoms with Crippen LogP contribution in [0.15, 0.2) is 65.3 Å². The number of ether oxygens (including phenoxy) is 1. The lowest BCUT2D eigenvalue weighted by Gasteiger charge is -2.11. The van der Waals surface area contributed by atoms with E-state index in [1.165, 1.54) is 16.9 Å². The summed E-state index contributed by atoms with van der Waals surface area (Å²) in [7, 11) is 0. The molecule has 0 bridgehead atoms. The topological polar surface area (TPSA) is 69.3 Å². The summed E-state index contributed by atoms with van der Waals surface area (Å²) < 4.78 is 14.1. The van der Waals surface area contributed by atoms with Crippen LogP contribution in [0, 0.1) is 6.92 Å². The molecule has 0 aliphatic carbocycles. The van der Waals surface area contributed by atoms with Crippen molar-refractivity contribution in [2.75, 3.05) is 11.9 Å². The Morgan fingerprint density at radius 1 is 1.19 bits per heavy atom. The number of furan rings is 1. The summed E-state index contributed by atoms with van der Waals surface area (Å²) in [5.74, 6) is 0.577. The maximum Gasteiger partial charge on any atom is 0.274 e. The molecule has 156 valence electrons. The number of benzene rings is 2. The predicted molar refractivity (Wildman–Crippen MR) is 123 cm³/mol. The van der Waals surface area contributed by atoms with Gasteiger partial charge in [0, 0.05) is 18.7 Å². The number of fused-ring (bicyclic) bond motifs is 2. The molecule has 0 atom stereocenters. The molecule has 1 amide bonds. The summed E-state index contributed by atoms with van der Waals surface area (Å²) >= 11 is 1.43. The molecule has 31 heavy (non-hydrogen) atoms. The van der Waals surface area contributed by atoms with Crippen LogP contribution in [0.5, 0.6) is 5.75 Å². The standard InChI is InChI=1S/C24H21N3O3S/c1-3-29-17-8-9-18-22(12-17)31-24(25-18)26-23(28)20-13-21-19(10-11-30-21)27(20)14-16-7-5-4-6-15(16)2/h4-13H,3,14H2,1-2H3,(H,25,26,28). The minimum atomic E-state index is -0.218. The van der Waals surface area contributed by atoms with Crippen LogP contribution in [0.3, 0.4) is 0 Å². The van der Waals surface area contributed by atoms with Gasteiger partial charge in [-0.1, -0.05) is 35.6 Å². The van der Waals surface area contributed by atoms with Gasteiger partial charge in [-0.3, -0.25) is 10.1 Å². The maximum absolute atomic E-state index is 13.2. The third-order valence-corrected chi connectivity index (χ3v) is 6.17. The summed E-state index contributed by atoms with van der Waals surface area (Å²) in [5, 5.41) is 3.51. The van der Waals surface area contributed by atoms with E-state index < -0.39 is 0 Å². The average Bonchev–Trinajstić information content (AvgIpc) is 3.45. The van der Waals surface area contributed by atoms with Crippen molar-refractivity contribution in [2.24, 2.45) is 0 Å². The SMILES string of the molecule is CCOc1ccc2nc(NC(=O)c3cc4occc4n3Cc3ccccc3C)sc2c1. The van der Waals surface area contributed by atoms with Crippen molar-refractivity contribution in [3.63, 3.8) is 0 Å². The molecule has 0 unspecified atom stereocenters. The van der Waals surface area contributed by atoms with Gasteiger partial charge in [-0.15, -0.1) is 0 Å². The second kappa shape index (κ2) is 7.92. The van der Waals surface area contributed by atoms with Crippen molar-refractivity contribution in [1.82, 2.24) is 9.55 Å². The van der Waals surface area contributed by atoms with E-state index in [2.05, 4.69) is 29.4 Å². The number of thiazole rings is 1. The number of aromatic nitrogens is 2. The van der Waals surface area contributed by atoms with E-state index in [1.807, 2.05) is 47.9 Å². The fourth-order valence-electron chi connectivity index (χ4n) is 3.67. The summed E-state index contributed by atoms with van der Waals surface area (Å²) in [6.07, 6.45) is 1.64. The molecule has 2 aromatic carbocycles. The molecule has 0 spiro atoms. The van der Waals surface area contributed by atoms with Crippen LogP contribution in [0.4, 0.5) is 5.13 Å². The first kappa shape index (κ1) is 19.4. The molecule has 0 radical (unpaired) electrons. The highest BCUT2D eigenvalue weighted by molar-refractivity contribution is 7.22. The third kappa shape index (κ3) is 3.68. The molecule has 0 aliphatic heterocycles. The molecule has 5 rings (SSSR count). The molecular weight excluding hydrogens is 410 g/mol. The molecule has 5 aromatic rings. The van der Waals surface area contributed by atoms with Gasteiger partial charge in [-0.05, 0) is 43.2 Å². The van der Waals surface area contributed by atoms with E-state index in [0.29, 0.717) is 29.6 Å². The molecule has 0 aliphatic rings. The molecule has 0 fully saturated rings. The largest absolute Gasteiger partial charge is 0.494 e. The Kier molecular flexibility index (Phi) is 4.95. The molecule has 0 saturated carbocycles. The minimum Gasteiger partial charge on any atom is -0.494 e. The van der Waals surface area contributed by atoms with E-state index in [0.717, 1.165) is 27.0 Å². The van der Waals surface area contributed by atoms with Gasteiger partial charge in [0.1, 0.15) is 11.4 Å². The van der Waals surface area contributed by atoms with Crippen molar-refractivity contribution < 1.29 is 13.9 Å². The second-order valence-corrected chi connectivity index (χ2v) is 8.28. The first-order valence-electron chi connectivity index (χ1n) is 10.1. The molecule has 6 nitrogen and oxygen atoms in total. The lowest BCUT2D eigenvalue weighted by atomic mass is 10.1. The van der Waals surface area contributed by atoms with Crippen molar-refractivity contribution in [3.8, 4) is 5.75 Å². The number of nitrogens with one attached hydrogen (secondary N) is 1.